The van der Waals surface area contributed by atoms with Crippen molar-refractivity contribution in [2.45, 2.75) is 56.1 Å². The van der Waals surface area contributed by atoms with E-state index in [-0.39, 0.29) is 24.7 Å². The molecule has 3 aliphatic heterocycles. The number of aliphatic hydroxyl groups is 1. The molecule has 0 aromatic heterocycles. The fourth-order valence-corrected chi connectivity index (χ4v) is 3.23. The van der Waals surface area contributed by atoms with Crippen LogP contribution in [0.5, 0.6) is 0 Å². The molecule has 0 bridgehead atoms. The second-order valence-corrected chi connectivity index (χ2v) is 5.94. The molecule has 7 nitrogen and oxygen atoms in total. The largest absolute Gasteiger partial charge is 0.467 e. The Morgan fingerprint density at radius 2 is 1.95 bits per heavy atom. The second-order valence-electron chi connectivity index (χ2n) is 5.94. The van der Waals surface area contributed by atoms with Crippen LogP contribution in [0.15, 0.2) is 0 Å². The highest BCUT2D eigenvalue weighted by Gasteiger charge is 2.61. The van der Waals surface area contributed by atoms with E-state index in [4.69, 9.17) is 23.7 Å². The van der Waals surface area contributed by atoms with E-state index in [2.05, 4.69) is 0 Å². The Morgan fingerprint density at radius 1 is 1.25 bits per heavy atom. The van der Waals surface area contributed by atoms with E-state index in [1.165, 1.54) is 7.11 Å². The first-order valence-electron chi connectivity index (χ1n) is 6.75. The molecule has 0 amide bonds. The Hall–Kier alpha value is -0.730. The van der Waals surface area contributed by atoms with E-state index in [0.29, 0.717) is 6.61 Å². The van der Waals surface area contributed by atoms with E-state index in [1.54, 1.807) is 0 Å². The van der Waals surface area contributed by atoms with Gasteiger partial charge in [0, 0.05) is 6.42 Å². The van der Waals surface area contributed by atoms with E-state index in [9.17, 15) is 9.90 Å². The molecule has 3 fully saturated rings. The zero-order valence-electron chi connectivity index (χ0n) is 11.8. The van der Waals surface area contributed by atoms with Crippen LogP contribution < -0.4 is 0 Å². The number of methoxy groups -OCH3 is 1. The summed E-state index contributed by atoms with van der Waals surface area (Å²) in [5.41, 5.74) is -1.37. The normalized spacial score (nSPS) is 45.8. The molecule has 0 unspecified atom stereocenters. The van der Waals surface area contributed by atoms with Gasteiger partial charge < -0.3 is 28.8 Å². The Bertz CT molecular complexity index is 410. The van der Waals surface area contributed by atoms with Gasteiger partial charge in [-0.1, -0.05) is 0 Å². The summed E-state index contributed by atoms with van der Waals surface area (Å²) in [5.74, 6) is -1.29. The number of fused-ring (bicyclic) bond motifs is 3. The van der Waals surface area contributed by atoms with Crippen molar-refractivity contribution in [1.82, 2.24) is 0 Å². The topological polar surface area (TPSA) is 83.5 Å². The lowest BCUT2D eigenvalue weighted by atomic mass is 9.95. The van der Waals surface area contributed by atoms with Crippen LogP contribution in [-0.2, 0) is 28.5 Å². The summed E-state index contributed by atoms with van der Waals surface area (Å²) in [5, 5.41) is 9.55. The summed E-state index contributed by atoms with van der Waals surface area (Å²) in [6.45, 7) is 3.60. The Balaban J connectivity index is 1.82. The van der Waals surface area contributed by atoms with Crippen molar-refractivity contribution >= 4 is 5.97 Å². The summed E-state index contributed by atoms with van der Waals surface area (Å²) < 4.78 is 27.9. The number of ether oxygens (including phenoxy) is 5. The maximum Gasteiger partial charge on any atom is 0.340 e. The first kappa shape index (κ1) is 14.2. The average Bonchev–Trinajstić information content (AvgIpc) is 2.94. The number of esters is 1. The van der Waals surface area contributed by atoms with E-state index < -0.39 is 30.1 Å². The molecule has 3 heterocycles. The van der Waals surface area contributed by atoms with Gasteiger partial charge in [-0.2, -0.15) is 0 Å². The van der Waals surface area contributed by atoms with Gasteiger partial charge in [-0.25, -0.2) is 4.79 Å². The molecular weight excluding hydrogens is 268 g/mol. The monoisotopic (exact) mass is 288 g/mol. The van der Waals surface area contributed by atoms with Crippen LogP contribution in [0, 0.1) is 0 Å². The Kier molecular flexibility index (Phi) is 3.30. The van der Waals surface area contributed by atoms with Gasteiger partial charge in [0.05, 0.1) is 26.4 Å². The van der Waals surface area contributed by atoms with Gasteiger partial charge in [-0.05, 0) is 13.8 Å². The summed E-state index contributed by atoms with van der Waals surface area (Å²) in [6, 6.07) is 0. The van der Waals surface area contributed by atoms with Crippen molar-refractivity contribution in [2.24, 2.45) is 0 Å². The van der Waals surface area contributed by atoms with Crippen LogP contribution >= 0.6 is 0 Å². The molecule has 0 spiro atoms. The maximum atomic E-state index is 11.9. The molecule has 3 saturated heterocycles. The van der Waals surface area contributed by atoms with Crippen molar-refractivity contribution in [3.05, 3.63) is 0 Å². The lowest BCUT2D eigenvalue weighted by Crippen LogP contribution is -2.50. The van der Waals surface area contributed by atoms with Gasteiger partial charge in [0.2, 0.25) is 0 Å². The van der Waals surface area contributed by atoms with Crippen LogP contribution in [0.2, 0.25) is 0 Å². The third-order valence-electron chi connectivity index (χ3n) is 4.09. The fraction of sp³-hybridized carbons (Fsp3) is 0.923. The smallest absolute Gasteiger partial charge is 0.340 e. The molecule has 114 valence electrons. The van der Waals surface area contributed by atoms with Gasteiger partial charge in [-0.3, -0.25) is 0 Å². The molecule has 5 atom stereocenters. The summed E-state index contributed by atoms with van der Waals surface area (Å²) in [4.78, 5) is 11.9. The van der Waals surface area contributed by atoms with Crippen molar-refractivity contribution in [3.63, 3.8) is 0 Å². The van der Waals surface area contributed by atoms with Crippen molar-refractivity contribution in [3.8, 4) is 0 Å². The van der Waals surface area contributed by atoms with Crippen molar-refractivity contribution in [1.29, 1.82) is 0 Å². The van der Waals surface area contributed by atoms with E-state index in [0.717, 1.165) is 0 Å². The van der Waals surface area contributed by atoms with Crippen LogP contribution in [0.1, 0.15) is 20.3 Å². The lowest BCUT2D eigenvalue weighted by Gasteiger charge is -2.32. The predicted octanol–water partition coefficient (Wildman–Crippen LogP) is -0.402. The zero-order valence-corrected chi connectivity index (χ0v) is 11.8. The van der Waals surface area contributed by atoms with E-state index in [1.807, 2.05) is 13.8 Å². The van der Waals surface area contributed by atoms with Crippen LogP contribution in [0.25, 0.3) is 0 Å². The third kappa shape index (κ3) is 2.05. The summed E-state index contributed by atoms with van der Waals surface area (Å²) in [6.07, 6.45) is -1.02. The standard InChI is InChI=1S/C13H20O7/c1-12(2)18-8-5-17-7-4-13(6-14,11(15)16-3)20-9(7)10(8)19-12/h7-10,14H,4-6H2,1-3H3/t7-,8+,9+,10+,13+/m1/s1. The molecule has 0 saturated carbocycles. The second kappa shape index (κ2) is 4.64. The van der Waals surface area contributed by atoms with Gasteiger partial charge in [0.1, 0.15) is 18.3 Å². The highest BCUT2D eigenvalue weighted by molar-refractivity contribution is 5.80. The molecule has 0 aromatic rings. The first-order chi connectivity index (χ1) is 9.41. The van der Waals surface area contributed by atoms with Gasteiger partial charge in [-0.15, -0.1) is 0 Å². The Labute approximate surface area is 117 Å². The number of hydrogen-bond acceptors (Lipinski definition) is 7. The molecule has 20 heavy (non-hydrogen) atoms. The van der Waals surface area contributed by atoms with Crippen molar-refractivity contribution in [2.75, 3.05) is 20.3 Å². The third-order valence-corrected chi connectivity index (χ3v) is 4.09. The van der Waals surface area contributed by atoms with Crippen LogP contribution in [0.3, 0.4) is 0 Å². The minimum atomic E-state index is -1.37. The number of carbonyl (C=O) groups excluding carboxylic acids is 1. The van der Waals surface area contributed by atoms with Crippen LogP contribution in [-0.4, -0.2) is 67.2 Å². The van der Waals surface area contributed by atoms with E-state index >= 15 is 0 Å². The zero-order chi connectivity index (χ0) is 14.5. The molecule has 0 aliphatic carbocycles. The first-order valence-corrected chi connectivity index (χ1v) is 6.75. The number of aliphatic hydroxyl groups excluding tert-OH is 1. The molecule has 1 N–H and O–H groups in total. The lowest BCUT2D eigenvalue weighted by molar-refractivity contribution is -0.191. The fourth-order valence-electron chi connectivity index (χ4n) is 3.23. The molecule has 0 aromatic carbocycles. The van der Waals surface area contributed by atoms with Crippen LogP contribution in [0.4, 0.5) is 0 Å². The maximum absolute atomic E-state index is 11.9. The Morgan fingerprint density at radius 3 is 2.60 bits per heavy atom. The minimum absolute atomic E-state index is 0.224. The minimum Gasteiger partial charge on any atom is -0.467 e. The average molecular weight is 288 g/mol. The molecule has 0 radical (unpaired) electrons. The van der Waals surface area contributed by atoms with Gasteiger partial charge in [0.15, 0.2) is 11.4 Å². The van der Waals surface area contributed by atoms with Gasteiger partial charge >= 0.3 is 5.97 Å². The SMILES string of the molecule is COC(=O)[C@@]1(CO)C[C@H]2OC[C@@H]3OC(C)(C)O[C@@H]3[C@H]2O1. The molecule has 3 rings (SSSR count). The van der Waals surface area contributed by atoms with Gasteiger partial charge in [0.25, 0.3) is 0 Å². The highest BCUT2D eigenvalue weighted by atomic mass is 16.8. The van der Waals surface area contributed by atoms with Crippen molar-refractivity contribution < 1.29 is 33.6 Å². The number of rotatable bonds is 2. The predicted molar refractivity (Wildman–Crippen MR) is 64.9 cm³/mol. The molecule has 7 heteroatoms. The molecule has 3 aliphatic rings. The molecular formula is C13H20O7. The number of carbonyl (C=O) groups is 1. The summed E-state index contributed by atoms with van der Waals surface area (Å²) >= 11 is 0. The number of hydrogen-bond donors (Lipinski definition) is 1. The highest BCUT2D eigenvalue weighted by Crippen LogP contribution is 2.43. The quantitative estimate of drug-likeness (QED) is 0.692. The summed E-state index contributed by atoms with van der Waals surface area (Å²) in [7, 11) is 1.27.